The Bertz CT molecular complexity index is 38.7. The molecule has 0 saturated heterocycles. The van der Waals surface area contributed by atoms with E-state index < -0.39 is 0 Å². The van der Waals surface area contributed by atoms with Crippen LogP contribution in [0.5, 0.6) is 0 Å². The fourth-order valence-electron chi connectivity index (χ4n) is 0. The van der Waals surface area contributed by atoms with E-state index in [0.717, 1.165) is 0 Å². The van der Waals surface area contributed by atoms with Crippen LogP contribution in [0.4, 0.5) is 0 Å². The number of rotatable bonds is 1. The number of hydrogen-bond donors (Lipinski definition) is 0. The summed E-state index contributed by atoms with van der Waals surface area (Å²) in [4.78, 5) is 13.2. The predicted octanol–water partition coefficient (Wildman–Crippen LogP) is -4.73. The van der Waals surface area contributed by atoms with E-state index in [1.54, 1.807) is 0 Å². The molecule has 3 nitrogen and oxygen atoms in total. The summed E-state index contributed by atoms with van der Waals surface area (Å²) in [6.45, 7) is 3.82. The second kappa shape index (κ2) is 70.3. The normalized spacial score (nSPS) is 3.00. The van der Waals surface area contributed by atoms with E-state index in [2.05, 4.69) is 27.5 Å². The Balaban J connectivity index is -0.00000000575. The molecular formula is C5H15IK2O3. The quantitative estimate of drug-likeness (QED) is 0.121. The first-order valence-corrected chi connectivity index (χ1v) is 4.17. The number of carbonyl (C=O) groups excluding carboxylic acids is 1. The Kier molecular flexibility index (Phi) is 234. The molecule has 0 amide bonds. The Morgan fingerprint density at radius 2 is 1.45 bits per heavy atom. The smallest absolute Gasteiger partial charge is 1.00 e. The summed E-state index contributed by atoms with van der Waals surface area (Å²) in [5, 5.41) is 8.43. The predicted molar refractivity (Wildman–Crippen MR) is 46.3 cm³/mol. The maximum Gasteiger partial charge on any atom is 1.00 e. The van der Waals surface area contributed by atoms with Crippen molar-refractivity contribution in [3.05, 3.63) is 0 Å². The SMILES string of the molecule is C.CC.CI.O=CO[O-].[H-].[K+].[K+]. The van der Waals surface area contributed by atoms with Gasteiger partial charge in [0, 0.05) is 0 Å². The van der Waals surface area contributed by atoms with Crippen LogP contribution in [-0.2, 0) is 9.68 Å². The molecule has 0 rings (SSSR count). The van der Waals surface area contributed by atoms with Crippen LogP contribution in [0.2, 0.25) is 0 Å². The van der Waals surface area contributed by atoms with E-state index in [0.29, 0.717) is 0 Å². The molecule has 0 aromatic carbocycles. The summed E-state index contributed by atoms with van der Waals surface area (Å²) in [5.41, 5.74) is 0. The van der Waals surface area contributed by atoms with Crippen molar-refractivity contribution in [2.24, 2.45) is 0 Å². The van der Waals surface area contributed by atoms with Gasteiger partial charge in [0.2, 0.25) is 0 Å². The molecule has 0 spiro atoms. The average molecular weight is 328 g/mol. The van der Waals surface area contributed by atoms with Crippen molar-refractivity contribution in [1.82, 2.24) is 0 Å². The van der Waals surface area contributed by atoms with Crippen molar-refractivity contribution < 1.29 is 119 Å². The Hall–Kier alpha value is 3.43. The molecule has 0 aromatic rings. The molecule has 0 radical (unpaired) electrons. The summed E-state index contributed by atoms with van der Waals surface area (Å²) in [6.07, 6.45) is 0. The average Bonchev–Trinajstić information content (AvgIpc) is 1.96. The van der Waals surface area contributed by atoms with Gasteiger partial charge in [-0.05, 0) is 4.93 Å². The van der Waals surface area contributed by atoms with Crippen molar-refractivity contribution in [1.29, 1.82) is 0 Å². The van der Waals surface area contributed by atoms with Crippen LogP contribution in [0, 0.1) is 0 Å². The van der Waals surface area contributed by atoms with Gasteiger partial charge in [0.15, 0.2) is 0 Å². The van der Waals surface area contributed by atoms with E-state index in [1.165, 1.54) is 0 Å². The fraction of sp³-hybridized carbons (Fsp3) is 0.800. The van der Waals surface area contributed by atoms with Crippen LogP contribution in [0.3, 0.4) is 0 Å². The maximum absolute atomic E-state index is 8.64. The van der Waals surface area contributed by atoms with E-state index in [4.69, 9.17) is 10.1 Å². The van der Waals surface area contributed by atoms with Crippen molar-refractivity contribution in [2.45, 2.75) is 21.3 Å². The molecule has 0 heterocycles. The van der Waals surface area contributed by atoms with Gasteiger partial charge in [-0.15, -0.1) is 0 Å². The second-order valence-corrected chi connectivity index (χ2v) is 0.192. The molecule has 0 aromatic heterocycles. The minimum Gasteiger partial charge on any atom is -1.00 e. The number of hydrogen-bond acceptors (Lipinski definition) is 3. The van der Waals surface area contributed by atoms with Crippen molar-refractivity contribution >= 4 is 29.1 Å². The number of carbonyl (C=O) groups is 1. The Morgan fingerprint density at radius 1 is 1.36 bits per heavy atom. The third-order valence-electron chi connectivity index (χ3n) is 0.0393. The Labute approximate surface area is 170 Å². The van der Waals surface area contributed by atoms with E-state index >= 15 is 0 Å². The van der Waals surface area contributed by atoms with Crippen LogP contribution in [0.15, 0.2) is 0 Å². The third kappa shape index (κ3) is 89.4. The van der Waals surface area contributed by atoms with E-state index in [1.807, 2.05) is 18.8 Å². The summed E-state index contributed by atoms with van der Waals surface area (Å²) in [6, 6.07) is 0. The molecular weight excluding hydrogens is 313 g/mol. The van der Waals surface area contributed by atoms with E-state index in [9.17, 15) is 0 Å². The zero-order valence-corrected chi connectivity index (χ0v) is 15.6. The van der Waals surface area contributed by atoms with Gasteiger partial charge < -0.3 is 11.6 Å². The molecule has 0 fully saturated rings. The topological polar surface area (TPSA) is 49.4 Å². The molecule has 6 heteroatoms. The number of alkyl halides is 1. The zero-order chi connectivity index (χ0) is 7.41. The van der Waals surface area contributed by atoms with Crippen LogP contribution >= 0.6 is 22.6 Å². The van der Waals surface area contributed by atoms with Crippen LogP contribution in [0.1, 0.15) is 22.7 Å². The van der Waals surface area contributed by atoms with Gasteiger partial charge in [-0.2, -0.15) is 0 Å². The molecule has 0 atom stereocenters. The second-order valence-electron chi connectivity index (χ2n) is 0.192. The minimum atomic E-state index is -0.181. The summed E-state index contributed by atoms with van der Waals surface area (Å²) < 4.78 is 0. The van der Waals surface area contributed by atoms with Gasteiger partial charge in [0.25, 0.3) is 6.47 Å². The van der Waals surface area contributed by atoms with Gasteiger partial charge in [-0.25, -0.2) is 0 Å². The molecule has 62 valence electrons. The molecule has 0 bridgehead atoms. The van der Waals surface area contributed by atoms with Gasteiger partial charge in [-0.1, -0.05) is 43.9 Å². The molecule has 11 heavy (non-hydrogen) atoms. The summed E-state index contributed by atoms with van der Waals surface area (Å²) >= 11 is 2.15. The summed E-state index contributed by atoms with van der Waals surface area (Å²) in [5.74, 6) is 0. The van der Waals surface area contributed by atoms with Gasteiger partial charge in [0.1, 0.15) is 0 Å². The maximum atomic E-state index is 8.64. The largest absolute Gasteiger partial charge is 1.00 e. The van der Waals surface area contributed by atoms with E-state index in [-0.39, 0.29) is 118 Å². The molecule has 0 N–H and O–H groups in total. The van der Waals surface area contributed by atoms with Crippen molar-refractivity contribution in [3.63, 3.8) is 0 Å². The third-order valence-corrected chi connectivity index (χ3v) is 0.0393. The Morgan fingerprint density at radius 3 is 1.45 bits per heavy atom. The molecule has 0 aliphatic heterocycles. The van der Waals surface area contributed by atoms with Gasteiger partial charge in [0.05, 0.1) is 0 Å². The van der Waals surface area contributed by atoms with Crippen molar-refractivity contribution in [2.75, 3.05) is 4.93 Å². The minimum absolute atomic E-state index is 0. The van der Waals surface area contributed by atoms with Crippen LogP contribution in [0.25, 0.3) is 0 Å². The monoisotopic (exact) mass is 328 g/mol. The summed E-state index contributed by atoms with van der Waals surface area (Å²) in [7, 11) is 0. The molecule has 0 saturated carbocycles. The molecule has 0 aliphatic rings. The first-order chi connectivity index (χ1) is 3.91. The van der Waals surface area contributed by atoms with Crippen LogP contribution in [-0.4, -0.2) is 11.4 Å². The van der Waals surface area contributed by atoms with Crippen LogP contribution < -0.4 is 108 Å². The standard InChI is InChI=1S/C2H6.CH3I.CH2O3.CH4.2K.H/c2*1-2;2-1-4-3;;;;/h1-2H3;1H3;1,3H;1H4;;;/q;;;;2*+1;-1/p-1. The fourth-order valence-corrected chi connectivity index (χ4v) is 0. The zero-order valence-electron chi connectivity index (χ0n) is 8.18. The number of halogens is 1. The van der Waals surface area contributed by atoms with Crippen molar-refractivity contribution in [3.8, 4) is 0 Å². The first kappa shape index (κ1) is 36.6. The molecule has 0 unspecified atom stereocenters. The molecule has 0 aliphatic carbocycles. The van der Waals surface area contributed by atoms with Gasteiger partial charge >= 0.3 is 103 Å². The van der Waals surface area contributed by atoms with Gasteiger partial charge in [-0.3, -0.25) is 4.79 Å². The first-order valence-electron chi connectivity index (χ1n) is 2.02.